The van der Waals surface area contributed by atoms with Crippen molar-refractivity contribution >= 4 is 34.0 Å². The predicted molar refractivity (Wildman–Crippen MR) is 122 cm³/mol. The molecule has 0 saturated carbocycles. The SMILES string of the molecule is CC(C)n1nc(C(=O)Nc2ccccc2Oc2ccccc2Cl)c2ccccc2c1=O. The molecular formula is C24H20ClN3O3. The zero-order chi connectivity index (χ0) is 22.0. The van der Waals surface area contributed by atoms with E-state index in [2.05, 4.69) is 10.4 Å². The number of benzene rings is 3. The Hall–Kier alpha value is -3.64. The molecule has 1 amide bonds. The average Bonchev–Trinajstić information content (AvgIpc) is 2.76. The maximum absolute atomic E-state index is 13.2. The molecule has 156 valence electrons. The van der Waals surface area contributed by atoms with Crippen molar-refractivity contribution in [2.24, 2.45) is 0 Å². The smallest absolute Gasteiger partial charge is 0.276 e. The number of halogens is 1. The highest BCUT2D eigenvalue weighted by atomic mass is 35.5. The molecule has 1 aromatic heterocycles. The Morgan fingerprint density at radius 2 is 1.55 bits per heavy atom. The Kier molecular flexibility index (Phi) is 5.73. The summed E-state index contributed by atoms with van der Waals surface area (Å²) in [6, 6.07) is 20.9. The number of carbonyl (C=O) groups excluding carboxylic acids is 1. The van der Waals surface area contributed by atoms with Crippen LogP contribution in [-0.4, -0.2) is 15.7 Å². The van der Waals surface area contributed by atoms with E-state index in [1.807, 2.05) is 26.0 Å². The highest BCUT2D eigenvalue weighted by molar-refractivity contribution is 6.32. The third-order valence-electron chi connectivity index (χ3n) is 4.72. The summed E-state index contributed by atoms with van der Waals surface area (Å²) in [4.78, 5) is 25.9. The Morgan fingerprint density at radius 3 is 2.26 bits per heavy atom. The van der Waals surface area contributed by atoms with Gasteiger partial charge in [-0.15, -0.1) is 0 Å². The van der Waals surface area contributed by atoms with Crippen molar-refractivity contribution in [2.45, 2.75) is 19.9 Å². The number of rotatable bonds is 5. The second-order valence-electron chi connectivity index (χ2n) is 7.22. The van der Waals surface area contributed by atoms with Crippen LogP contribution in [0.3, 0.4) is 0 Å². The van der Waals surface area contributed by atoms with Gasteiger partial charge in [0.05, 0.1) is 22.1 Å². The topological polar surface area (TPSA) is 73.2 Å². The molecule has 31 heavy (non-hydrogen) atoms. The molecule has 7 heteroatoms. The van der Waals surface area contributed by atoms with Crippen LogP contribution in [0.2, 0.25) is 5.02 Å². The number of ether oxygens (including phenoxy) is 1. The van der Waals surface area contributed by atoms with Gasteiger partial charge in [-0.05, 0) is 44.2 Å². The number of hydrogen-bond donors (Lipinski definition) is 1. The highest BCUT2D eigenvalue weighted by Crippen LogP contribution is 2.33. The number of amides is 1. The number of hydrogen-bond acceptors (Lipinski definition) is 4. The van der Waals surface area contributed by atoms with Gasteiger partial charge in [0.2, 0.25) is 0 Å². The number of nitrogens with one attached hydrogen (secondary N) is 1. The van der Waals surface area contributed by atoms with Gasteiger partial charge in [0.1, 0.15) is 5.75 Å². The second kappa shape index (κ2) is 8.62. The fraction of sp³-hybridized carbons (Fsp3) is 0.125. The zero-order valence-corrected chi connectivity index (χ0v) is 17.8. The van der Waals surface area contributed by atoms with Gasteiger partial charge in [-0.3, -0.25) is 9.59 Å². The first-order chi connectivity index (χ1) is 15.0. The van der Waals surface area contributed by atoms with Gasteiger partial charge >= 0.3 is 0 Å². The first kappa shape index (κ1) is 20.6. The summed E-state index contributed by atoms with van der Waals surface area (Å²) < 4.78 is 7.25. The van der Waals surface area contributed by atoms with Crippen molar-refractivity contribution in [3.05, 3.63) is 93.9 Å². The van der Waals surface area contributed by atoms with Crippen molar-refractivity contribution in [1.29, 1.82) is 0 Å². The molecule has 0 saturated heterocycles. The molecule has 3 aromatic carbocycles. The van der Waals surface area contributed by atoms with Crippen molar-refractivity contribution in [3.63, 3.8) is 0 Å². The number of carbonyl (C=O) groups is 1. The van der Waals surface area contributed by atoms with Gasteiger partial charge in [-0.2, -0.15) is 5.10 Å². The molecule has 0 atom stereocenters. The Morgan fingerprint density at radius 1 is 0.935 bits per heavy atom. The van der Waals surface area contributed by atoms with Crippen LogP contribution in [0, 0.1) is 0 Å². The van der Waals surface area contributed by atoms with Gasteiger partial charge in [0.25, 0.3) is 11.5 Å². The molecular weight excluding hydrogens is 414 g/mol. The Bertz CT molecular complexity index is 1330. The molecule has 0 radical (unpaired) electrons. The van der Waals surface area contributed by atoms with Gasteiger partial charge in [0.15, 0.2) is 11.4 Å². The molecule has 0 spiro atoms. The van der Waals surface area contributed by atoms with Crippen LogP contribution in [0.5, 0.6) is 11.5 Å². The Labute approximate surface area is 184 Å². The lowest BCUT2D eigenvalue weighted by Crippen LogP contribution is -2.29. The standard InChI is InChI=1S/C24H20ClN3O3/c1-15(2)28-24(30)17-10-4-3-9-16(17)22(27-28)23(29)26-19-12-6-8-14-21(19)31-20-13-7-5-11-18(20)25/h3-15H,1-2H3,(H,26,29). The van der Waals surface area contributed by atoms with E-state index in [0.717, 1.165) is 0 Å². The normalized spacial score (nSPS) is 11.0. The van der Waals surface area contributed by atoms with Crippen molar-refractivity contribution in [3.8, 4) is 11.5 Å². The summed E-state index contributed by atoms with van der Waals surface area (Å²) in [7, 11) is 0. The minimum atomic E-state index is -0.444. The molecule has 0 aliphatic rings. The summed E-state index contributed by atoms with van der Waals surface area (Å²) in [5, 5.41) is 8.61. The molecule has 1 N–H and O–H groups in total. The van der Waals surface area contributed by atoms with Crippen LogP contribution in [0.1, 0.15) is 30.4 Å². The van der Waals surface area contributed by atoms with E-state index < -0.39 is 5.91 Å². The first-order valence-electron chi connectivity index (χ1n) is 9.80. The van der Waals surface area contributed by atoms with Gasteiger partial charge < -0.3 is 10.1 Å². The molecule has 0 unspecified atom stereocenters. The van der Waals surface area contributed by atoms with Crippen LogP contribution >= 0.6 is 11.6 Å². The average molecular weight is 434 g/mol. The van der Waals surface area contributed by atoms with E-state index in [4.69, 9.17) is 16.3 Å². The summed E-state index contributed by atoms with van der Waals surface area (Å²) in [6.45, 7) is 3.69. The summed E-state index contributed by atoms with van der Waals surface area (Å²) in [5.41, 5.74) is 0.390. The third-order valence-corrected chi connectivity index (χ3v) is 5.04. The van der Waals surface area contributed by atoms with Gasteiger partial charge in [0, 0.05) is 5.39 Å². The van der Waals surface area contributed by atoms with Crippen LogP contribution < -0.4 is 15.6 Å². The van der Waals surface area contributed by atoms with Crippen LogP contribution in [0.4, 0.5) is 5.69 Å². The number of para-hydroxylation sites is 3. The van der Waals surface area contributed by atoms with Crippen molar-refractivity contribution in [1.82, 2.24) is 9.78 Å². The van der Waals surface area contributed by atoms with E-state index in [1.165, 1.54) is 4.68 Å². The molecule has 1 heterocycles. The minimum Gasteiger partial charge on any atom is -0.454 e. The quantitative estimate of drug-likeness (QED) is 0.439. The number of anilines is 1. The molecule has 0 aliphatic carbocycles. The fourth-order valence-corrected chi connectivity index (χ4v) is 3.38. The molecule has 0 bridgehead atoms. The second-order valence-corrected chi connectivity index (χ2v) is 7.63. The minimum absolute atomic E-state index is 0.163. The lowest BCUT2D eigenvalue weighted by molar-refractivity contribution is 0.102. The van der Waals surface area contributed by atoms with Crippen LogP contribution in [0.25, 0.3) is 10.8 Å². The molecule has 4 rings (SSSR count). The first-order valence-corrected chi connectivity index (χ1v) is 10.2. The van der Waals surface area contributed by atoms with Crippen LogP contribution in [0.15, 0.2) is 77.6 Å². The number of aromatic nitrogens is 2. The summed E-state index contributed by atoms with van der Waals surface area (Å²) in [5.74, 6) is 0.467. The zero-order valence-electron chi connectivity index (χ0n) is 17.0. The molecule has 4 aromatic rings. The van der Waals surface area contributed by atoms with Crippen molar-refractivity contribution in [2.75, 3.05) is 5.32 Å². The third kappa shape index (κ3) is 4.15. The summed E-state index contributed by atoms with van der Waals surface area (Å²) in [6.07, 6.45) is 0. The predicted octanol–water partition coefficient (Wildman–Crippen LogP) is 5.68. The largest absolute Gasteiger partial charge is 0.454 e. The molecule has 0 aliphatic heterocycles. The van der Waals surface area contributed by atoms with Gasteiger partial charge in [-0.25, -0.2) is 4.68 Å². The monoisotopic (exact) mass is 433 g/mol. The van der Waals surface area contributed by atoms with E-state index >= 15 is 0 Å². The Balaban J connectivity index is 1.73. The van der Waals surface area contributed by atoms with E-state index in [-0.39, 0.29) is 17.3 Å². The number of nitrogens with zero attached hydrogens (tertiary/aromatic N) is 2. The van der Waals surface area contributed by atoms with E-state index in [9.17, 15) is 9.59 Å². The highest BCUT2D eigenvalue weighted by Gasteiger charge is 2.19. The van der Waals surface area contributed by atoms with E-state index in [0.29, 0.717) is 33.0 Å². The number of fused-ring (bicyclic) bond motifs is 1. The molecule has 6 nitrogen and oxygen atoms in total. The van der Waals surface area contributed by atoms with Gasteiger partial charge in [-0.1, -0.05) is 54.1 Å². The van der Waals surface area contributed by atoms with Crippen molar-refractivity contribution < 1.29 is 9.53 Å². The van der Waals surface area contributed by atoms with E-state index in [1.54, 1.807) is 60.7 Å². The summed E-state index contributed by atoms with van der Waals surface area (Å²) >= 11 is 6.20. The van der Waals surface area contributed by atoms with Crippen LogP contribution in [-0.2, 0) is 0 Å². The fourth-order valence-electron chi connectivity index (χ4n) is 3.21. The maximum atomic E-state index is 13.2. The maximum Gasteiger partial charge on any atom is 0.276 e. The lowest BCUT2D eigenvalue weighted by atomic mass is 10.1. The lowest BCUT2D eigenvalue weighted by Gasteiger charge is -2.15. The molecule has 0 fully saturated rings.